The molecular weight excluding hydrogens is 192 g/mol. The van der Waals surface area contributed by atoms with E-state index in [9.17, 15) is 9.59 Å². The van der Waals surface area contributed by atoms with Crippen LogP contribution < -0.4 is 0 Å². The number of hydrogen-bond donors (Lipinski definition) is 0. The Kier molecular flexibility index (Phi) is 1.64. The fourth-order valence-electron chi connectivity index (χ4n) is 4.22. The molecule has 0 aromatic carbocycles. The van der Waals surface area contributed by atoms with Crippen LogP contribution in [0.5, 0.6) is 0 Å². The first kappa shape index (κ1) is 9.37. The highest BCUT2D eigenvalue weighted by Crippen LogP contribution is 2.73. The van der Waals surface area contributed by atoms with Crippen LogP contribution in [0.2, 0.25) is 0 Å². The van der Waals surface area contributed by atoms with Gasteiger partial charge < -0.3 is 4.74 Å². The highest BCUT2D eigenvalue weighted by atomic mass is 16.5. The fraction of sp³-hybridized carbons (Fsp3) is 0.833. The summed E-state index contributed by atoms with van der Waals surface area (Å²) < 4.78 is 5.28. The van der Waals surface area contributed by atoms with Crippen LogP contribution in [-0.2, 0) is 14.3 Å². The molecule has 0 spiro atoms. The summed E-state index contributed by atoms with van der Waals surface area (Å²) in [5.74, 6) is 0.225. The summed E-state index contributed by atoms with van der Waals surface area (Å²) in [6, 6.07) is 0. The van der Waals surface area contributed by atoms with E-state index in [1.807, 2.05) is 0 Å². The van der Waals surface area contributed by atoms with Crippen molar-refractivity contribution in [2.75, 3.05) is 0 Å². The van der Waals surface area contributed by atoms with Crippen molar-refractivity contribution in [3.63, 3.8) is 0 Å². The molecule has 0 saturated heterocycles. The predicted molar refractivity (Wildman–Crippen MR) is 53.1 cm³/mol. The molecule has 0 N–H and O–H groups in total. The third-order valence-electron chi connectivity index (χ3n) is 4.94. The molecule has 3 saturated carbocycles. The van der Waals surface area contributed by atoms with Gasteiger partial charge in [0.2, 0.25) is 0 Å². The van der Waals surface area contributed by atoms with Crippen molar-refractivity contribution < 1.29 is 14.3 Å². The summed E-state index contributed by atoms with van der Waals surface area (Å²) in [6.45, 7) is 1.45. The lowest BCUT2D eigenvalue weighted by molar-refractivity contribution is -0.147. The Morgan fingerprint density at radius 3 is 2.67 bits per heavy atom. The highest BCUT2D eigenvalue weighted by Gasteiger charge is 2.70. The number of esters is 1. The zero-order chi connectivity index (χ0) is 10.7. The second-order valence-corrected chi connectivity index (χ2v) is 5.43. The molecule has 0 radical (unpaired) electrons. The van der Waals surface area contributed by atoms with Gasteiger partial charge in [0, 0.05) is 18.8 Å². The Morgan fingerprint density at radius 1 is 1.33 bits per heavy atom. The van der Waals surface area contributed by atoms with Gasteiger partial charge in [-0.15, -0.1) is 0 Å². The number of ketones is 1. The summed E-state index contributed by atoms with van der Waals surface area (Å²) in [4.78, 5) is 22.8. The molecule has 3 aliphatic carbocycles. The minimum absolute atomic E-state index is 0.00856. The Hall–Kier alpha value is -0.860. The minimum atomic E-state index is -0.209. The zero-order valence-electron chi connectivity index (χ0n) is 9.04. The molecule has 0 unspecified atom stereocenters. The van der Waals surface area contributed by atoms with Gasteiger partial charge in [0.15, 0.2) is 0 Å². The summed E-state index contributed by atoms with van der Waals surface area (Å²) in [5.41, 5.74) is 0.150. The van der Waals surface area contributed by atoms with E-state index in [1.54, 1.807) is 0 Å². The molecule has 0 aromatic heterocycles. The van der Waals surface area contributed by atoms with Crippen molar-refractivity contribution in [2.24, 2.45) is 10.8 Å². The number of Topliss-reactive ketones (excluding diaryl/α,β-unsaturated/α-hetero) is 1. The van der Waals surface area contributed by atoms with E-state index in [2.05, 4.69) is 0 Å². The van der Waals surface area contributed by atoms with Crippen LogP contribution in [0.25, 0.3) is 0 Å². The van der Waals surface area contributed by atoms with E-state index in [0.29, 0.717) is 5.78 Å². The maximum absolute atomic E-state index is 11.9. The van der Waals surface area contributed by atoms with E-state index < -0.39 is 0 Å². The molecule has 3 atom stereocenters. The predicted octanol–water partition coefficient (Wildman–Crippen LogP) is 1.84. The van der Waals surface area contributed by atoms with Crippen molar-refractivity contribution in [2.45, 2.75) is 51.6 Å². The topological polar surface area (TPSA) is 43.4 Å². The van der Waals surface area contributed by atoms with E-state index in [-0.39, 0.29) is 22.9 Å². The lowest BCUT2D eigenvalue weighted by Gasteiger charge is -2.49. The van der Waals surface area contributed by atoms with Crippen molar-refractivity contribution >= 4 is 11.8 Å². The Morgan fingerprint density at radius 2 is 2.13 bits per heavy atom. The Bertz CT molecular complexity index is 349. The number of rotatable bonds is 1. The van der Waals surface area contributed by atoms with Crippen LogP contribution in [0.1, 0.15) is 45.4 Å². The first-order valence-corrected chi connectivity index (χ1v) is 5.79. The van der Waals surface area contributed by atoms with Crippen LogP contribution in [0.15, 0.2) is 0 Å². The van der Waals surface area contributed by atoms with E-state index in [0.717, 1.165) is 38.5 Å². The summed E-state index contributed by atoms with van der Waals surface area (Å²) >= 11 is 0. The quantitative estimate of drug-likeness (QED) is 0.617. The zero-order valence-corrected chi connectivity index (χ0v) is 9.04. The summed E-state index contributed by atoms with van der Waals surface area (Å²) in [7, 11) is 0. The van der Waals surface area contributed by atoms with Crippen LogP contribution in [-0.4, -0.2) is 17.9 Å². The maximum Gasteiger partial charge on any atom is 0.302 e. The van der Waals surface area contributed by atoms with Gasteiger partial charge in [-0.3, -0.25) is 9.59 Å². The van der Waals surface area contributed by atoms with Crippen molar-refractivity contribution in [1.29, 1.82) is 0 Å². The van der Waals surface area contributed by atoms with E-state index in [1.165, 1.54) is 6.92 Å². The number of ether oxygens (including phenoxy) is 1. The smallest absolute Gasteiger partial charge is 0.302 e. The molecule has 0 aromatic rings. The number of carbonyl (C=O) groups is 2. The SMILES string of the molecule is CC(=O)O[C@H]1C[C@@]23CCC(=O)[C@]2(CC3)C1. The van der Waals surface area contributed by atoms with Gasteiger partial charge in [0.25, 0.3) is 0 Å². The van der Waals surface area contributed by atoms with Gasteiger partial charge in [0.05, 0.1) is 0 Å². The number of hydrogen-bond acceptors (Lipinski definition) is 3. The molecule has 3 aliphatic rings. The monoisotopic (exact) mass is 208 g/mol. The Balaban J connectivity index is 1.84. The first-order valence-electron chi connectivity index (χ1n) is 5.79. The molecule has 0 heterocycles. The fourth-order valence-corrected chi connectivity index (χ4v) is 4.22. The molecular formula is C12H16O3. The maximum atomic E-state index is 11.9. The molecule has 3 nitrogen and oxygen atoms in total. The molecule has 15 heavy (non-hydrogen) atoms. The third-order valence-corrected chi connectivity index (χ3v) is 4.94. The number of carbonyl (C=O) groups excluding carboxylic acids is 2. The average Bonchev–Trinajstić information content (AvgIpc) is 2.41. The minimum Gasteiger partial charge on any atom is -0.463 e. The lowest BCUT2D eigenvalue weighted by Crippen LogP contribution is -2.46. The summed E-state index contributed by atoms with van der Waals surface area (Å²) in [5, 5.41) is 0. The normalized spacial score (nSPS) is 47.0. The molecule has 0 aliphatic heterocycles. The van der Waals surface area contributed by atoms with Crippen molar-refractivity contribution in [1.82, 2.24) is 0 Å². The van der Waals surface area contributed by atoms with Gasteiger partial charge in [-0.2, -0.15) is 0 Å². The highest BCUT2D eigenvalue weighted by molar-refractivity contribution is 5.90. The van der Waals surface area contributed by atoms with Gasteiger partial charge in [-0.05, 0) is 37.5 Å². The van der Waals surface area contributed by atoms with Gasteiger partial charge >= 0.3 is 5.97 Å². The molecule has 0 amide bonds. The second-order valence-electron chi connectivity index (χ2n) is 5.43. The van der Waals surface area contributed by atoms with Crippen molar-refractivity contribution in [3.8, 4) is 0 Å². The molecule has 3 fully saturated rings. The second kappa shape index (κ2) is 2.63. The largest absolute Gasteiger partial charge is 0.463 e. The molecule has 82 valence electrons. The van der Waals surface area contributed by atoms with E-state index >= 15 is 0 Å². The van der Waals surface area contributed by atoms with Crippen LogP contribution in [0, 0.1) is 10.8 Å². The van der Waals surface area contributed by atoms with Gasteiger partial charge in [0.1, 0.15) is 11.9 Å². The van der Waals surface area contributed by atoms with Crippen LogP contribution in [0.4, 0.5) is 0 Å². The first-order chi connectivity index (χ1) is 7.08. The third kappa shape index (κ3) is 0.963. The van der Waals surface area contributed by atoms with Gasteiger partial charge in [-0.1, -0.05) is 0 Å². The average molecular weight is 208 g/mol. The lowest BCUT2D eigenvalue weighted by atomic mass is 9.53. The molecule has 3 rings (SSSR count). The van der Waals surface area contributed by atoms with Crippen LogP contribution in [0.3, 0.4) is 0 Å². The standard InChI is InChI=1S/C12H16O3/c1-8(13)15-9-6-11-3-2-10(14)12(11,7-9)5-4-11/h9H,2-7H2,1H3/t9-,11-,12-/m0/s1. The van der Waals surface area contributed by atoms with Gasteiger partial charge in [-0.25, -0.2) is 0 Å². The molecule has 0 bridgehead atoms. The van der Waals surface area contributed by atoms with Crippen molar-refractivity contribution in [3.05, 3.63) is 0 Å². The van der Waals surface area contributed by atoms with E-state index in [4.69, 9.17) is 4.74 Å². The molecule has 3 heteroatoms. The van der Waals surface area contributed by atoms with Crippen LogP contribution >= 0.6 is 0 Å². The summed E-state index contributed by atoms with van der Waals surface area (Å²) in [6.07, 6.45) is 5.72. The Labute approximate surface area is 89.2 Å².